The maximum atomic E-state index is 12.1. The van der Waals surface area contributed by atoms with Crippen molar-refractivity contribution in [3.05, 3.63) is 0 Å². The third-order valence-electron chi connectivity index (χ3n) is 2.62. The Kier molecular flexibility index (Phi) is 6.97. The van der Waals surface area contributed by atoms with Crippen molar-refractivity contribution in [3.8, 4) is 0 Å². The van der Waals surface area contributed by atoms with E-state index < -0.39 is 19.0 Å². The van der Waals surface area contributed by atoms with E-state index in [1.165, 1.54) is 4.90 Å². The summed E-state index contributed by atoms with van der Waals surface area (Å²) in [5, 5.41) is 9.67. The first-order valence-electron chi connectivity index (χ1n) is 4.94. The number of hydrogen-bond donors (Lipinski definition) is 1. The molecular formula is C8H16BF3KNO. The first kappa shape index (κ1) is 16.4. The summed E-state index contributed by atoms with van der Waals surface area (Å²) in [5.41, 5.74) is -0.784. The van der Waals surface area contributed by atoms with Gasteiger partial charge in [-0.1, -0.05) is 0 Å². The molecule has 1 heterocycles. The van der Waals surface area contributed by atoms with Gasteiger partial charge in [-0.25, -0.2) is 0 Å². The minimum atomic E-state index is -4.73. The fourth-order valence-electron chi connectivity index (χ4n) is 1.79. The summed E-state index contributed by atoms with van der Waals surface area (Å²) in [6.45, 7) is -2.26. The Hall–Kier alpha value is 1.41. The van der Waals surface area contributed by atoms with Crippen LogP contribution < -0.4 is 51.4 Å². The molecule has 0 aromatic carbocycles. The zero-order valence-electron chi connectivity index (χ0n) is 9.35. The number of hydrogen-bond acceptors (Lipinski definition) is 2. The van der Waals surface area contributed by atoms with Gasteiger partial charge in [0.15, 0.2) is 0 Å². The van der Waals surface area contributed by atoms with Gasteiger partial charge in [0.2, 0.25) is 0 Å². The molecule has 0 aromatic heterocycles. The number of aliphatic hydroxyl groups is 1. The standard InChI is InChI=1S/C8H16BF3NO.K/c1-8(14)3-2-5-13(6-4-8)7-9(10,11)12;/h14H,2-7H2,1H3;/q-1;+1. The smallest absolute Gasteiger partial charge is 0.448 e. The van der Waals surface area contributed by atoms with Gasteiger partial charge in [-0.15, -0.1) is 0 Å². The van der Waals surface area contributed by atoms with Crippen LogP contribution in [0.2, 0.25) is 0 Å². The van der Waals surface area contributed by atoms with Crippen molar-refractivity contribution >= 4 is 6.98 Å². The van der Waals surface area contributed by atoms with Crippen LogP contribution in [-0.2, 0) is 0 Å². The zero-order valence-corrected chi connectivity index (χ0v) is 12.5. The molecule has 0 aliphatic carbocycles. The van der Waals surface area contributed by atoms with Gasteiger partial charge in [0.25, 0.3) is 0 Å². The molecule has 0 aromatic rings. The second-order valence-electron chi connectivity index (χ2n) is 4.36. The van der Waals surface area contributed by atoms with Crippen molar-refractivity contribution in [2.24, 2.45) is 0 Å². The molecular weight excluding hydrogens is 233 g/mol. The summed E-state index contributed by atoms with van der Waals surface area (Å²) >= 11 is 0. The van der Waals surface area contributed by atoms with Crippen LogP contribution in [0.25, 0.3) is 0 Å². The van der Waals surface area contributed by atoms with E-state index in [0.717, 1.165) is 0 Å². The number of likely N-dealkylation sites (tertiary alicyclic amines) is 1. The SMILES string of the molecule is CC1(O)CCCN(C[B-](F)(F)F)CC1.[K+]. The normalized spacial score (nSPS) is 29.4. The van der Waals surface area contributed by atoms with Crippen molar-refractivity contribution in [2.75, 3.05) is 19.5 Å². The van der Waals surface area contributed by atoms with Gasteiger partial charge in [0, 0.05) is 0 Å². The van der Waals surface area contributed by atoms with Gasteiger partial charge in [0.05, 0.1) is 5.60 Å². The van der Waals surface area contributed by atoms with E-state index >= 15 is 0 Å². The van der Waals surface area contributed by atoms with Crippen molar-refractivity contribution in [1.82, 2.24) is 4.90 Å². The molecule has 1 atom stereocenters. The van der Waals surface area contributed by atoms with Gasteiger partial charge >= 0.3 is 58.4 Å². The number of halogens is 3. The average Bonchev–Trinajstić information content (AvgIpc) is 2.10. The average molecular weight is 249 g/mol. The Morgan fingerprint density at radius 2 is 1.87 bits per heavy atom. The number of nitrogens with zero attached hydrogens (tertiary/aromatic N) is 1. The molecule has 1 saturated heterocycles. The van der Waals surface area contributed by atoms with E-state index in [-0.39, 0.29) is 51.4 Å². The van der Waals surface area contributed by atoms with Crippen LogP contribution in [0.3, 0.4) is 0 Å². The van der Waals surface area contributed by atoms with Crippen LogP contribution in [0.4, 0.5) is 12.9 Å². The first-order chi connectivity index (χ1) is 6.29. The quantitative estimate of drug-likeness (QED) is 0.609. The largest absolute Gasteiger partial charge is 1.00 e. The minimum Gasteiger partial charge on any atom is -0.448 e. The molecule has 15 heavy (non-hydrogen) atoms. The van der Waals surface area contributed by atoms with Crippen LogP contribution in [-0.4, -0.2) is 42.1 Å². The second kappa shape index (κ2) is 6.37. The maximum absolute atomic E-state index is 12.1. The molecule has 2 nitrogen and oxygen atoms in total. The molecule has 7 heteroatoms. The van der Waals surface area contributed by atoms with Gasteiger partial charge in [-0.05, 0) is 45.7 Å². The fraction of sp³-hybridized carbons (Fsp3) is 1.00. The van der Waals surface area contributed by atoms with Gasteiger partial charge in [-0.2, -0.15) is 0 Å². The summed E-state index contributed by atoms with van der Waals surface area (Å²) < 4.78 is 36.4. The Morgan fingerprint density at radius 1 is 1.27 bits per heavy atom. The van der Waals surface area contributed by atoms with Crippen LogP contribution in [0.1, 0.15) is 26.2 Å². The number of rotatable bonds is 2. The molecule has 1 fully saturated rings. The molecule has 1 aliphatic rings. The second-order valence-corrected chi connectivity index (χ2v) is 4.36. The Morgan fingerprint density at radius 3 is 2.40 bits per heavy atom. The van der Waals surface area contributed by atoms with Crippen LogP contribution >= 0.6 is 0 Å². The predicted octanol–water partition coefficient (Wildman–Crippen LogP) is -1.39. The molecule has 0 spiro atoms. The van der Waals surface area contributed by atoms with E-state index in [9.17, 15) is 18.1 Å². The molecule has 1 rings (SSSR count). The van der Waals surface area contributed by atoms with E-state index in [1.807, 2.05) is 0 Å². The van der Waals surface area contributed by atoms with Crippen molar-refractivity contribution in [2.45, 2.75) is 31.8 Å². The monoisotopic (exact) mass is 249 g/mol. The third kappa shape index (κ3) is 7.36. The summed E-state index contributed by atoms with van der Waals surface area (Å²) in [4.78, 5) is 1.39. The first-order valence-corrected chi connectivity index (χ1v) is 4.94. The van der Waals surface area contributed by atoms with Crippen molar-refractivity contribution in [3.63, 3.8) is 0 Å². The molecule has 0 amide bonds. The summed E-state index contributed by atoms with van der Waals surface area (Å²) in [7, 11) is 0. The molecule has 1 N–H and O–H groups in total. The van der Waals surface area contributed by atoms with E-state index in [0.29, 0.717) is 32.4 Å². The fourth-order valence-corrected chi connectivity index (χ4v) is 1.79. The topological polar surface area (TPSA) is 23.5 Å². The Bertz CT molecular complexity index is 201. The van der Waals surface area contributed by atoms with Gasteiger partial charge < -0.3 is 23.0 Å². The van der Waals surface area contributed by atoms with Crippen LogP contribution in [0.5, 0.6) is 0 Å². The Labute approximate surface area is 131 Å². The van der Waals surface area contributed by atoms with Gasteiger partial charge in [0.1, 0.15) is 0 Å². The third-order valence-corrected chi connectivity index (χ3v) is 2.62. The molecule has 0 saturated carbocycles. The predicted molar refractivity (Wildman–Crippen MR) is 50.0 cm³/mol. The minimum absolute atomic E-state index is 0. The van der Waals surface area contributed by atoms with Crippen LogP contribution in [0, 0.1) is 0 Å². The molecule has 84 valence electrons. The molecule has 0 radical (unpaired) electrons. The Balaban J connectivity index is 0.00000196. The zero-order chi connectivity index (χ0) is 10.8. The van der Waals surface area contributed by atoms with Gasteiger partial charge in [-0.3, -0.25) is 0 Å². The summed E-state index contributed by atoms with van der Waals surface area (Å²) in [5.74, 6) is 0. The molecule has 1 aliphatic heterocycles. The molecule has 0 bridgehead atoms. The van der Waals surface area contributed by atoms with Crippen LogP contribution in [0.15, 0.2) is 0 Å². The van der Waals surface area contributed by atoms with Crippen molar-refractivity contribution < 1.29 is 69.4 Å². The van der Waals surface area contributed by atoms with E-state index in [4.69, 9.17) is 0 Å². The summed E-state index contributed by atoms with van der Waals surface area (Å²) in [6, 6.07) is 0. The summed E-state index contributed by atoms with van der Waals surface area (Å²) in [6.07, 6.45) is 0.864. The van der Waals surface area contributed by atoms with Crippen molar-refractivity contribution in [1.29, 1.82) is 0 Å². The van der Waals surface area contributed by atoms with E-state index in [2.05, 4.69) is 0 Å². The van der Waals surface area contributed by atoms with E-state index in [1.54, 1.807) is 6.92 Å². The molecule has 1 unspecified atom stereocenters. The maximum Gasteiger partial charge on any atom is 1.00 e.